The second-order valence-electron chi connectivity index (χ2n) is 3.92. The van der Waals surface area contributed by atoms with Crippen molar-refractivity contribution in [3.63, 3.8) is 0 Å². The van der Waals surface area contributed by atoms with Crippen LogP contribution >= 0.6 is 11.8 Å². The Hall–Kier alpha value is -2.08. The zero-order valence-corrected chi connectivity index (χ0v) is 11.3. The third-order valence-corrected chi connectivity index (χ3v) is 3.63. The number of esters is 1. The number of anilines is 1. The maximum Gasteiger partial charge on any atom is 0.339 e. The number of rotatable bonds is 3. The molecule has 0 aliphatic heterocycles. The highest BCUT2D eigenvalue weighted by molar-refractivity contribution is 7.99. The van der Waals surface area contributed by atoms with Crippen molar-refractivity contribution in [2.75, 3.05) is 12.8 Å². The van der Waals surface area contributed by atoms with Crippen LogP contribution in [0.15, 0.2) is 46.2 Å². The van der Waals surface area contributed by atoms with Crippen LogP contribution in [0.4, 0.5) is 14.5 Å². The van der Waals surface area contributed by atoms with Gasteiger partial charge >= 0.3 is 5.97 Å². The summed E-state index contributed by atoms with van der Waals surface area (Å²) < 4.78 is 31.4. The molecular formula is C14H11F2NO2S. The predicted molar refractivity (Wildman–Crippen MR) is 72.7 cm³/mol. The Morgan fingerprint density at radius 2 is 1.90 bits per heavy atom. The molecule has 0 radical (unpaired) electrons. The molecule has 0 unspecified atom stereocenters. The van der Waals surface area contributed by atoms with Crippen LogP contribution in [0.5, 0.6) is 0 Å². The first-order chi connectivity index (χ1) is 9.51. The molecular weight excluding hydrogens is 284 g/mol. The normalized spacial score (nSPS) is 10.3. The number of nitrogen functional groups attached to an aromatic ring is 1. The molecule has 0 saturated heterocycles. The van der Waals surface area contributed by atoms with Gasteiger partial charge in [-0.05, 0) is 36.4 Å². The highest BCUT2D eigenvalue weighted by Gasteiger charge is 2.15. The summed E-state index contributed by atoms with van der Waals surface area (Å²) in [5, 5.41) is 0. The molecule has 0 aliphatic carbocycles. The molecule has 0 bridgehead atoms. The van der Waals surface area contributed by atoms with Gasteiger partial charge in [-0.15, -0.1) is 0 Å². The first kappa shape index (κ1) is 14.3. The van der Waals surface area contributed by atoms with Gasteiger partial charge in [0.2, 0.25) is 0 Å². The maximum absolute atomic E-state index is 13.6. The van der Waals surface area contributed by atoms with Gasteiger partial charge < -0.3 is 10.5 Å². The van der Waals surface area contributed by atoms with Crippen LogP contribution in [-0.2, 0) is 4.74 Å². The summed E-state index contributed by atoms with van der Waals surface area (Å²) >= 11 is 0.936. The Kier molecular flexibility index (Phi) is 4.24. The van der Waals surface area contributed by atoms with Gasteiger partial charge in [0.25, 0.3) is 0 Å². The van der Waals surface area contributed by atoms with Crippen LogP contribution in [0, 0.1) is 11.6 Å². The van der Waals surface area contributed by atoms with E-state index in [1.807, 2.05) is 0 Å². The molecule has 0 saturated carbocycles. The van der Waals surface area contributed by atoms with Gasteiger partial charge in [-0.2, -0.15) is 0 Å². The minimum Gasteiger partial charge on any atom is -0.465 e. The molecule has 0 fully saturated rings. The lowest BCUT2D eigenvalue weighted by Crippen LogP contribution is -2.04. The summed E-state index contributed by atoms with van der Waals surface area (Å²) in [6.45, 7) is 0. The number of hydrogen-bond donors (Lipinski definition) is 1. The SMILES string of the molecule is COC(=O)c1cc(N)ccc1Sc1cc(F)ccc1F. The van der Waals surface area contributed by atoms with E-state index < -0.39 is 17.6 Å². The van der Waals surface area contributed by atoms with E-state index in [0.717, 1.165) is 30.0 Å². The summed E-state index contributed by atoms with van der Waals surface area (Å²) in [6, 6.07) is 7.71. The topological polar surface area (TPSA) is 52.3 Å². The third-order valence-electron chi connectivity index (χ3n) is 2.52. The smallest absolute Gasteiger partial charge is 0.339 e. The summed E-state index contributed by atoms with van der Waals surface area (Å²) in [5.74, 6) is -1.70. The fraction of sp³-hybridized carbons (Fsp3) is 0.0714. The fourth-order valence-electron chi connectivity index (χ4n) is 1.58. The second kappa shape index (κ2) is 5.92. The highest BCUT2D eigenvalue weighted by atomic mass is 32.2. The van der Waals surface area contributed by atoms with E-state index in [9.17, 15) is 13.6 Å². The Labute approximate surface area is 118 Å². The van der Waals surface area contributed by atoms with Gasteiger partial charge in [-0.25, -0.2) is 13.6 Å². The third kappa shape index (κ3) is 3.08. The lowest BCUT2D eigenvalue weighted by atomic mass is 10.2. The van der Waals surface area contributed by atoms with Gasteiger partial charge in [-0.3, -0.25) is 0 Å². The lowest BCUT2D eigenvalue weighted by Gasteiger charge is -2.09. The predicted octanol–water partition coefficient (Wildman–Crippen LogP) is 3.48. The average molecular weight is 295 g/mol. The first-order valence-electron chi connectivity index (χ1n) is 5.62. The molecule has 6 heteroatoms. The largest absolute Gasteiger partial charge is 0.465 e. The van der Waals surface area contributed by atoms with E-state index in [1.165, 1.54) is 13.2 Å². The quantitative estimate of drug-likeness (QED) is 0.695. The van der Waals surface area contributed by atoms with Crippen molar-refractivity contribution in [3.8, 4) is 0 Å². The Bertz CT molecular complexity index is 662. The van der Waals surface area contributed by atoms with Crippen LogP contribution in [0.25, 0.3) is 0 Å². The van der Waals surface area contributed by atoms with Gasteiger partial charge in [0.1, 0.15) is 11.6 Å². The molecule has 20 heavy (non-hydrogen) atoms. The van der Waals surface area contributed by atoms with Crippen molar-refractivity contribution in [2.24, 2.45) is 0 Å². The molecule has 0 amide bonds. The van der Waals surface area contributed by atoms with E-state index in [2.05, 4.69) is 4.74 Å². The fourth-order valence-corrected chi connectivity index (χ4v) is 2.54. The van der Waals surface area contributed by atoms with Crippen molar-refractivity contribution >= 4 is 23.4 Å². The molecule has 2 aromatic carbocycles. The number of carbonyl (C=O) groups excluding carboxylic acids is 1. The molecule has 2 rings (SSSR count). The van der Waals surface area contributed by atoms with Gasteiger partial charge in [-0.1, -0.05) is 11.8 Å². The van der Waals surface area contributed by atoms with Crippen molar-refractivity contribution in [2.45, 2.75) is 9.79 Å². The minimum atomic E-state index is -0.586. The highest BCUT2D eigenvalue weighted by Crippen LogP contribution is 2.33. The number of carbonyl (C=O) groups is 1. The van der Waals surface area contributed by atoms with Crippen LogP contribution in [0.2, 0.25) is 0 Å². The molecule has 0 aromatic heterocycles. The number of nitrogens with two attached hydrogens (primary N) is 1. The summed E-state index contributed by atoms with van der Waals surface area (Å²) in [4.78, 5) is 12.2. The summed E-state index contributed by atoms with van der Waals surface area (Å²) in [7, 11) is 1.24. The molecule has 0 atom stereocenters. The standard InChI is InChI=1S/C14H11F2NO2S/c1-19-14(18)10-7-9(17)3-5-12(10)20-13-6-8(15)2-4-11(13)16/h2-7H,17H2,1H3. The van der Waals surface area contributed by atoms with E-state index in [4.69, 9.17) is 5.73 Å². The van der Waals surface area contributed by atoms with Gasteiger partial charge in [0, 0.05) is 10.6 Å². The maximum atomic E-state index is 13.6. The Morgan fingerprint density at radius 3 is 2.60 bits per heavy atom. The van der Waals surface area contributed by atoms with Crippen molar-refractivity contribution in [1.82, 2.24) is 0 Å². The van der Waals surface area contributed by atoms with Gasteiger partial charge in [0.05, 0.1) is 17.6 Å². The number of methoxy groups -OCH3 is 1. The van der Waals surface area contributed by atoms with Crippen molar-refractivity contribution in [3.05, 3.63) is 53.6 Å². The zero-order valence-electron chi connectivity index (χ0n) is 10.5. The van der Waals surface area contributed by atoms with E-state index in [1.54, 1.807) is 12.1 Å². The molecule has 104 valence electrons. The average Bonchev–Trinajstić information content (AvgIpc) is 2.43. The Balaban J connectivity index is 2.43. The first-order valence-corrected chi connectivity index (χ1v) is 6.43. The number of hydrogen-bond acceptors (Lipinski definition) is 4. The van der Waals surface area contributed by atoms with Crippen LogP contribution < -0.4 is 5.73 Å². The molecule has 3 nitrogen and oxygen atoms in total. The lowest BCUT2D eigenvalue weighted by molar-refractivity contribution is 0.0597. The molecule has 0 aliphatic rings. The molecule has 2 N–H and O–H groups in total. The minimum absolute atomic E-state index is 0.0833. The van der Waals surface area contributed by atoms with Crippen LogP contribution in [0.1, 0.15) is 10.4 Å². The summed E-state index contributed by atoms with van der Waals surface area (Å²) in [5.41, 5.74) is 6.21. The van der Waals surface area contributed by atoms with Crippen molar-refractivity contribution < 1.29 is 18.3 Å². The van der Waals surface area contributed by atoms with Crippen LogP contribution in [-0.4, -0.2) is 13.1 Å². The second-order valence-corrected chi connectivity index (χ2v) is 5.01. The molecule has 0 heterocycles. The van der Waals surface area contributed by atoms with E-state index in [0.29, 0.717) is 10.6 Å². The Morgan fingerprint density at radius 1 is 1.15 bits per heavy atom. The van der Waals surface area contributed by atoms with Crippen LogP contribution in [0.3, 0.4) is 0 Å². The molecule has 0 spiro atoms. The van der Waals surface area contributed by atoms with Gasteiger partial charge in [0.15, 0.2) is 0 Å². The number of ether oxygens (including phenoxy) is 1. The monoisotopic (exact) mass is 295 g/mol. The molecule has 2 aromatic rings. The zero-order chi connectivity index (χ0) is 14.7. The van der Waals surface area contributed by atoms with E-state index in [-0.39, 0.29) is 10.5 Å². The summed E-state index contributed by atoms with van der Waals surface area (Å²) in [6.07, 6.45) is 0. The van der Waals surface area contributed by atoms with Crippen molar-refractivity contribution in [1.29, 1.82) is 0 Å². The number of benzene rings is 2. The van der Waals surface area contributed by atoms with E-state index >= 15 is 0 Å². The number of halogens is 2.